The largest absolute Gasteiger partial charge is 0.472 e. The number of aliphatic hydroxyl groups is 1. The number of hydrogen-bond acceptors (Lipinski definition) is 6. The van der Waals surface area contributed by atoms with Crippen LogP contribution in [0.2, 0.25) is 0 Å². The topological polar surface area (TPSA) is 117 Å². The third kappa shape index (κ3) is 3.56. The van der Waals surface area contributed by atoms with E-state index < -0.39 is 19.5 Å². The van der Waals surface area contributed by atoms with Gasteiger partial charge in [-0.05, 0) is 73.0 Å². The molecule has 0 aromatic carbocycles. The number of carbonyl (C=O) groups excluding carboxylic acids is 1. The third-order valence-corrected chi connectivity index (χ3v) is 8.71. The number of nitriles is 1. The Bertz CT molecular complexity index is 847. The van der Waals surface area contributed by atoms with Crippen molar-refractivity contribution in [1.82, 2.24) is 0 Å². The number of phosphoric acid groups is 1. The molecular formula is C21H28NO6P. The van der Waals surface area contributed by atoms with Crippen LogP contribution in [0.25, 0.3) is 0 Å². The predicted octanol–water partition coefficient (Wildman–Crippen LogP) is 3.43. The molecule has 0 heterocycles. The molecule has 7 nitrogen and oxygen atoms in total. The molecule has 2 N–H and O–H groups in total. The monoisotopic (exact) mass is 421 g/mol. The molecule has 4 rings (SSSR count). The summed E-state index contributed by atoms with van der Waals surface area (Å²) < 4.78 is 22.8. The second-order valence-corrected chi connectivity index (χ2v) is 10.5. The van der Waals surface area contributed by atoms with Gasteiger partial charge in [-0.25, -0.2) is 4.57 Å². The molecule has 4 aliphatic rings. The molecule has 0 amide bonds. The zero-order chi connectivity index (χ0) is 20.9. The Hall–Kier alpha value is -1.29. The van der Waals surface area contributed by atoms with Crippen molar-refractivity contribution in [3.05, 3.63) is 23.8 Å². The molecule has 0 spiro atoms. The van der Waals surface area contributed by atoms with E-state index in [0.717, 1.165) is 31.3 Å². The Morgan fingerprint density at radius 2 is 2.14 bits per heavy atom. The van der Waals surface area contributed by atoms with Crippen molar-refractivity contribution in [2.45, 2.75) is 63.6 Å². The number of carbonyl (C=O) groups is 1. The van der Waals surface area contributed by atoms with Crippen LogP contribution in [0.15, 0.2) is 23.8 Å². The highest BCUT2D eigenvalue weighted by atomic mass is 31.2. The molecule has 4 aliphatic carbocycles. The molecule has 0 aliphatic heterocycles. The van der Waals surface area contributed by atoms with Crippen molar-refractivity contribution in [1.29, 1.82) is 5.26 Å². The molecule has 158 valence electrons. The Morgan fingerprint density at radius 1 is 1.34 bits per heavy atom. The van der Waals surface area contributed by atoms with Crippen LogP contribution in [0.4, 0.5) is 0 Å². The van der Waals surface area contributed by atoms with Gasteiger partial charge >= 0.3 is 7.82 Å². The molecule has 7 atom stereocenters. The fraction of sp³-hybridized carbons (Fsp3) is 0.714. The summed E-state index contributed by atoms with van der Waals surface area (Å²) in [7, 11) is -4.22. The highest BCUT2D eigenvalue weighted by Gasteiger charge is 2.60. The minimum atomic E-state index is -4.22. The van der Waals surface area contributed by atoms with Crippen LogP contribution >= 0.6 is 7.82 Å². The van der Waals surface area contributed by atoms with Crippen LogP contribution in [-0.2, 0) is 18.4 Å². The lowest BCUT2D eigenvalue weighted by atomic mass is 9.52. The van der Waals surface area contributed by atoms with E-state index in [1.807, 2.05) is 12.1 Å². The summed E-state index contributed by atoms with van der Waals surface area (Å²) in [6.07, 6.45) is 9.04. The highest BCUT2D eigenvalue weighted by molar-refractivity contribution is 7.47. The van der Waals surface area contributed by atoms with E-state index in [4.69, 9.17) is 14.3 Å². The van der Waals surface area contributed by atoms with Crippen LogP contribution in [0.1, 0.15) is 51.9 Å². The summed E-state index contributed by atoms with van der Waals surface area (Å²) in [4.78, 5) is 21.9. The normalized spacial score (nSPS) is 42.8. The first kappa shape index (κ1) is 21.0. The van der Waals surface area contributed by atoms with Gasteiger partial charge in [0, 0.05) is 6.42 Å². The summed E-state index contributed by atoms with van der Waals surface area (Å²) >= 11 is 0. The summed E-state index contributed by atoms with van der Waals surface area (Å²) in [5, 5.41) is 20.0. The average molecular weight is 421 g/mol. The second kappa shape index (κ2) is 7.44. The standard InChI is InChI=1S/C21H28NO6P/c1-20-9-8-18-16(4-3-14-13-15(23)7-10-21(14,18)24)17(20)5-6-19(20)28-29(25,26)27-12-2-11-22/h3,7,10,16-19,24H,2,4-6,8-9,12-13H2,1H3,(H,25,26)/t16?,17?,18?,19?,20-,21+/m0/s1. The lowest BCUT2D eigenvalue weighted by molar-refractivity contribution is -0.117. The SMILES string of the molecule is C[C@]12CCC3C(CC=C4CC(=O)C=C[C@@]43O)C1CCC2OP(=O)(O)OCCC#N. The van der Waals surface area contributed by atoms with Gasteiger partial charge in [0.1, 0.15) is 5.60 Å². The van der Waals surface area contributed by atoms with Gasteiger partial charge in [0.25, 0.3) is 0 Å². The van der Waals surface area contributed by atoms with Crippen molar-refractivity contribution in [3.8, 4) is 6.07 Å². The predicted molar refractivity (Wildman–Crippen MR) is 104 cm³/mol. The van der Waals surface area contributed by atoms with Crippen molar-refractivity contribution in [3.63, 3.8) is 0 Å². The van der Waals surface area contributed by atoms with Gasteiger partial charge in [-0.3, -0.25) is 13.8 Å². The van der Waals surface area contributed by atoms with Crippen LogP contribution in [0.5, 0.6) is 0 Å². The Morgan fingerprint density at radius 3 is 2.90 bits per heavy atom. The summed E-state index contributed by atoms with van der Waals surface area (Å²) in [6.45, 7) is 1.98. The first-order chi connectivity index (χ1) is 13.7. The Labute approximate surface area is 171 Å². The fourth-order valence-electron chi connectivity index (χ4n) is 6.28. The number of ketones is 1. The van der Waals surface area contributed by atoms with Crippen LogP contribution in [0, 0.1) is 34.5 Å². The van der Waals surface area contributed by atoms with Gasteiger partial charge in [0.05, 0.1) is 25.2 Å². The molecule has 0 aromatic rings. The zero-order valence-electron chi connectivity index (χ0n) is 16.6. The molecule has 2 saturated carbocycles. The van der Waals surface area contributed by atoms with Gasteiger partial charge in [-0.15, -0.1) is 0 Å². The molecule has 8 heteroatoms. The van der Waals surface area contributed by atoms with E-state index in [1.54, 1.807) is 6.08 Å². The Balaban J connectivity index is 1.52. The molecule has 0 bridgehead atoms. The van der Waals surface area contributed by atoms with Crippen molar-refractivity contribution >= 4 is 13.6 Å². The number of phosphoric ester groups is 1. The average Bonchev–Trinajstić information content (AvgIpc) is 2.98. The third-order valence-electron chi connectivity index (χ3n) is 7.68. The quantitative estimate of drug-likeness (QED) is 0.397. The number of nitrogens with zero attached hydrogens (tertiary/aromatic N) is 1. The molecular weight excluding hydrogens is 393 g/mol. The smallest absolute Gasteiger partial charge is 0.381 e. The lowest BCUT2D eigenvalue weighted by Crippen LogP contribution is -2.54. The number of rotatable bonds is 5. The van der Waals surface area contributed by atoms with E-state index in [2.05, 4.69) is 6.92 Å². The van der Waals surface area contributed by atoms with Crippen LogP contribution in [-0.4, -0.2) is 34.1 Å². The minimum absolute atomic E-state index is 0.0319. The van der Waals surface area contributed by atoms with Crippen LogP contribution in [0.3, 0.4) is 0 Å². The lowest BCUT2D eigenvalue weighted by Gasteiger charge is -2.55. The summed E-state index contributed by atoms with van der Waals surface area (Å²) in [6, 6.07) is 1.88. The minimum Gasteiger partial charge on any atom is -0.381 e. The number of fused-ring (bicyclic) bond motifs is 5. The van der Waals surface area contributed by atoms with Gasteiger partial charge < -0.3 is 10.00 Å². The molecule has 0 radical (unpaired) electrons. The van der Waals surface area contributed by atoms with Crippen molar-refractivity contribution in [2.75, 3.05) is 6.61 Å². The molecule has 2 fully saturated rings. The maximum absolute atomic E-state index is 12.3. The fourth-order valence-corrected chi connectivity index (χ4v) is 7.33. The van der Waals surface area contributed by atoms with E-state index in [9.17, 15) is 19.4 Å². The zero-order valence-corrected chi connectivity index (χ0v) is 17.5. The molecule has 29 heavy (non-hydrogen) atoms. The highest BCUT2D eigenvalue weighted by Crippen LogP contribution is 2.64. The molecule has 0 aromatic heterocycles. The number of hydrogen-bond donors (Lipinski definition) is 2. The van der Waals surface area contributed by atoms with Crippen LogP contribution < -0.4 is 0 Å². The maximum atomic E-state index is 12.3. The van der Waals surface area contributed by atoms with E-state index in [-0.39, 0.29) is 48.4 Å². The molecule has 5 unspecified atom stereocenters. The van der Waals surface area contributed by atoms with Gasteiger partial charge in [-0.2, -0.15) is 5.26 Å². The summed E-state index contributed by atoms with van der Waals surface area (Å²) in [5.74, 6) is 0.589. The van der Waals surface area contributed by atoms with Crippen molar-refractivity contribution < 1.29 is 28.4 Å². The first-order valence-electron chi connectivity index (χ1n) is 10.4. The van der Waals surface area contributed by atoms with Gasteiger partial charge in [0.2, 0.25) is 0 Å². The van der Waals surface area contributed by atoms with E-state index in [1.165, 1.54) is 6.08 Å². The number of allylic oxidation sites excluding steroid dienone is 2. The van der Waals surface area contributed by atoms with E-state index in [0.29, 0.717) is 6.42 Å². The molecule has 0 saturated heterocycles. The Kier molecular flexibility index (Phi) is 5.38. The summed E-state index contributed by atoms with van der Waals surface area (Å²) in [5.41, 5.74) is -0.496. The van der Waals surface area contributed by atoms with Crippen molar-refractivity contribution in [2.24, 2.45) is 23.2 Å². The second-order valence-electron chi connectivity index (χ2n) is 9.07. The maximum Gasteiger partial charge on any atom is 0.472 e. The van der Waals surface area contributed by atoms with Gasteiger partial charge in [-0.1, -0.05) is 13.0 Å². The first-order valence-corrected chi connectivity index (χ1v) is 11.9. The van der Waals surface area contributed by atoms with Gasteiger partial charge in [0.15, 0.2) is 5.78 Å². The van der Waals surface area contributed by atoms with E-state index >= 15 is 0 Å².